The van der Waals surface area contributed by atoms with E-state index in [4.69, 9.17) is 37.0 Å². The smallest absolute Gasteiger partial charge is 0.462 e. The first-order valence-electron chi connectivity index (χ1n) is 33.0. The molecule has 0 fully saturated rings. The maximum absolute atomic E-state index is 13.0. The van der Waals surface area contributed by atoms with Crippen molar-refractivity contribution in [2.24, 2.45) is 11.8 Å². The van der Waals surface area contributed by atoms with E-state index in [2.05, 4.69) is 41.5 Å². The molecule has 0 amide bonds. The Morgan fingerprint density at radius 1 is 0.329 bits per heavy atom. The van der Waals surface area contributed by atoms with Crippen molar-refractivity contribution in [2.45, 2.75) is 330 Å². The SMILES string of the molecule is CCCCCCCCCCCCCCC(=O)OC[C@H](COP(=O)(O)OC[C@@H](O)COP(=O)(O)OC[C@@H](COC(=O)CCCCCCCCCC)OC(=O)CCCCCCCCC(C)C)OC(=O)CCCCCCCCCCCCC(C)C. The number of phosphoric acid groups is 2. The van der Waals surface area contributed by atoms with Crippen LogP contribution < -0.4 is 0 Å². The number of rotatable bonds is 62. The van der Waals surface area contributed by atoms with Crippen LogP contribution in [0, 0.1) is 11.8 Å². The first kappa shape index (κ1) is 80.1. The maximum atomic E-state index is 13.0. The third-order valence-electron chi connectivity index (χ3n) is 14.5. The minimum Gasteiger partial charge on any atom is -0.462 e. The van der Waals surface area contributed by atoms with Crippen LogP contribution >= 0.6 is 15.6 Å². The van der Waals surface area contributed by atoms with Crippen molar-refractivity contribution in [2.75, 3.05) is 39.6 Å². The van der Waals surface area contributed by atoms with Crippen LogP contribution in [0.4, 0.5) is 0 Å². The molecular weight excluding hydrogens is 1090 g/mol. The molecule has 0 radical (unpaired) electrons. The standard InChI is InChI=1S/C63H122O17P2/c1-7-9-11-13-15-17-18-19-23-27-34-40-46-61(66)74-51-58(79-62(67)47-41-35-28-24-21-20-22-25-31-37-43-55(3)4)53-77-81(69,70)75-49-57(64)50-76-82(71,72)78-54-59(52-73-60(65)45-39-33-26-16-14-12-10-8-2)80-63(68)48-42-36-30-29-32-38-44-56(5)6/h55-59,64H,7-54H2,1-6H3,(H,69,70)(H,71,72)/t57-,58-,59-/m1/s1. The van der Waals surface area contributed by atoms with Crippen molar-refractivity contribution in [1.29, 1.82) is 0 Å². The quantitative estimate of drug-likeness (QED) is 0.0222. The minimum atomic E-state index is -4.94. The number of esters is 4. The summed E-state index contributed by atoms with van der Waals surface area (Å²) in [5, 5.41) is 10.5. The number of carbonyl (C=O) groups excluding carboxylic acids is 4. The molecule has 2 unspecified atom stereocenters. The Morgan fingerprint density at radius 2 is 0.561 bits per heavy atom. The zero-order valence-corrected chi connectivity index (χ0v) is 54.6. The van der Waals surface area contributed by atoms with Gasteiger partial charge in [0, 0.05) is 25.7 Å². The van der Waals surface area contributed by atoms with Gasteiger partial charge in [0.2, 0.25) is 0 Å². The van der Waals surface area contributed by atoms with Crippen molar-refractivity contribution in [3.63, 3.8) is 0 Å². The molecule has 0 spiro atoms. The fraction of sp³-hybridized carbons (Fsp3) is 0.937. The van der Waals surface area contributed by atoms with Gasteiger partial charge in [-0.2, -0.15) is 0 Å². The molecule has 0 aromatic carbocycles. The molecule has 0 saturated heterocycles. The summed E-state index contributed by atoms with van der Waals surface area (Å²) in [5.41, 5.74) is 0. The predicted octanol–water partition coefficient (Wildman–Crippen LogP) is 17.3. The lowest BCUT2D eigenvalue weighted by Crippen LogP contribution is -2.30. The summed E-state index contributed by atoms with van der Waals surface area (Å²) in [6.45, 7) is 9.36. The van der Waals surface area contributed by atoms with Gasteiger partial charge < -0.3 is 33.8 Å². The van der Waals surface area contributed by atoms with Crippen LogP contribution in [0.1, 0.15) is 311 Å². The Bertz CT molecular complexity index is 1620. The fourth-order valence-corrected chi connectivity index (χ4v) is 10.9. The molecule has 0 aliphatic heterocycles. The van der Waals surface area contributed by atoms with E-state index < -0.39 is 97.5 Å². The van der Waals surface area contributed by atoms with Gasteiger partial charge in [-0.25, -0.2) is 9.13 Å². The van der Waals surface area contributed by atoms with E-state index in [9.17, 15) is 43.2 Å². The first-order valence-corrected chi connectivity index (χ1v) is 36.0. The summed E-state index contributed by atoms with van der Waals surface area (Å²) in [6.07, 6.45) is 37.7. The highest BCUT2D eigenvalue weighted by Gasteiger charge is 2.30. The molecule has 0 heterocycles. The Hall–Kier alpha value is -1.94. The normalized spacial score (nSPS) is 14.3. The molecule has 0 aromatic heterocycles. The molecule has 19 heteroatoms. The number of ether oxygens (including phenoxy) is 4. The highest BCUT2D eigenvalue weighted by molar-refractivity contribution is 7.47. The van der Waals surface area contributed by atoms with Crippen LogP contribution in [0.2, 0.25) is 0 Å². The van der Waals surface area contributed by atoms with E-state index in [1.165, 1.54) is 122 Å². The molecule has 0 aromatic rings. The van der Waals surface area contributed by atoms with Gasteiger partial charge in [0.15, 0.2) is 12.2 Å². The lowest BCUT2D eigenvalue weighted by molar-refractivity contribution is -0.161. The predicted molar refractivity (Wildman–Crippen MR) is 326 cm³/mol. The van der Waals surface area contributed by atoms with Crippen molar-refractivity contribution >= 4 is 39.5 Å². The highest BCUT2D eigenvalue weighted by Crippen LogP contribution is 2.45. The third kappa shape index (κ3) is 57.2. The van der Waals surface area contributed by atoms with Crippen LogP contribution in [0.25, 0.3) is 0 Å². The van der Waals surface area contributed by atoms with E-state index in [0.29, 0.717) is 31.6 Å². The summed E-state index contributed by atoms with van der Waals surface area (Å²) in [6, 6.07) is 0. The second-order valence-corrected chi connectivity index (χ2v) is 26.7. The zero-order valence-electron chi connectivity index (χ0n) is 52.8. The number of carbonyl (C=O) groups is 4. The summed E-state index contributed by atoms with van der Waals surface area (Å²) < 4.78 is 67.9. The van der Waals surface area contributed by atoms with E-state index >= 15 is 0 Å². The Balaban J connectivity index is 5.23. The Morgan fingerprint density at radius 3 is 0.829 bits per heavy atom. The molecule has 5 atom stereocenters. The average Bonchev–Trinajstić information content (AvgIpc) is 3.43. The van der Waals surface area contributed by atoms with E-state index in [1.807, 2.05) is 0 Å². The molecule has 0 saturated carbocycles. The molecular formula is C63H122O17P2. The molecule has 0 rings (SSSR count). The van der Waals surface area contributed by atoms with Gasteiger partial charge in [-0.1, -0.05) is 260 Å². The van der Waals surface area contributed by atoms with Gasteiger partial charge in [-0.15, -0.1) is 0 Å². The van der Waals surface area contributed by atoms with Crippen LogP contribution in [-0.2, 0) is 65.4 Å². The van der Waals surface area contributed by atoms with Gasteiger partial charge >= 0.3 is 39.5 Å². The average molecular weight is 1210 g/mol. The van der Waals surface area contributed by atoms with Crippen molar-refractivity contribution in [3.8, 4) is 0 Å². The molecule has 0 aliphatic carbocycles. The van der Waals surface area contributed by atoms with E-state index in [0.717, 1.165) is 102 Å². The fourth-order valence-electron chi connectivity index (χ4n) is 9.35. The lowest BCUT2D eigenvalue weighted by Gasteiger charge is -2.21. The number of phosphoric ester groups is 2. The van der Waals surface area contributed by atoms with Gasteiger partial charge in [0.1, 0.15) is 19.3 Å². The molecule has 17 nitrogen and oxygen atoms in total. The number of hydrogen-bond acceptors (Lipinski definition) is 15. The highest BCUT2D eigenvalue weighted by atomic mass is 31.2. The van der Waals surface area contributed by atoms with Gasteiger partial charge in [-0.05, 0) is 37.5 Å². The van der Waals surface area contributed by atoms with Crippen LogP contribution in [0.15, 0.2) is 0 Å². The maximum Gasteiger partial charge on any atom is 0.472 e. The van der Waals surface area contributed by atoms with Crippen molar-refractivity contribution in [3.05, 3.63) is 0 Å². The minimum absolute atomic E-state index is 0.102. The van der Waals surface area contributed by atoms with Crippen molar-refractivity contribution < 1.29 is 80.2 Å². The molecule has 0 bridgehead atoms. The van der Waals surface area contributed by atoms with Crippen LogP contribution in [0.5, 0.6) is 0 Å². The molecule has 0 aliphatic rings. The number of hydrogen-bond donors (Lipinski definition) is 3. The van der Waals surface area contributed by atoms with E-state index in [-0.39, 0.29) is 25.7 Å². The largest absolute Gasteiger partial charge is 0.472 e. The summed E-state index contributed by atoms with van der Waals surface area (Å²) in [5.74, 6) is -0.719. The number of unbranched alkanes of at least 4 members (excludes halogenated alkanes) is 32. The first-order chi connectivity index (χ1) is 39.4. The molecule has 486 valence electrons. The van der Waals surface area contributed by atoms with Crippen LogP contribution in [-0.4, -0.2) is 96.7 Å². The van der Waals surface area contributed by atoms with Crippen molar-refractivity contribution in [1.82, 2.24) is 0 Å². The van der Waals surface area contributed by atoms with Gasteiger partial charge in [0.25, 0.3) is 0 Å². The molecule has 3 N–H and O–H groups in total. The van der Waals surface area contributed by atoms with Crippen LogP contribution in [0.3, 0.4) is 0 Å². The Labute approximate surface area is 498 Å². The summed E-state index contributed by atoms with van der Waals surface area (Å²) in [4.78, 5) is 72.1. The van der Waals surface area contributed by atoms with Gasteiger partial charge in [-0.3, -0.25) is 37.3 Å². The summed E-state index contributed by atoms with van der Waals surface area (Å²) >= 11 is 0. The topological polar surface area (TPSA) is 237 Å². The number of aliphatic hydroxyl groups is 1. The monoisotopic (exact) mass is 1210 g/mol. The second kappa shape index (κ2) is 55.6. The number of aliphatic hydroxyl groups excluding tert-OH is 1. The van der Waals surface area contributed by atoms with Gasteiger partial charge in [0.05, 0.1) is 26.4 Å². The lowest BCUT2D eigenvalue weighted by atomic mass is 10.0. The third-order valence-corrected chi connectivity index (χ3v) is 16.4. The zero-order chi connectivity index (χ0) is 60.8. The Kier molecular flexibility index (Phi) is 54.3. The second-order valence-electron chi connectivity index (χ2n) is 23.7. The molecule has 82 heavy (non-hydrogen) atoms. The van der Waals surface area contributed by atoms with E-state index in [1.54, 1.807) is 0 Å². The summed E-state index contributed by atoms with van der Waals surface area (Å²) in [7, 11) is -9.88.